The van der Waals surface area contributed by atoms with E-state index in [1.807, 2.05) is 18.4 Å². The van der Waals surface area contributed by atoms with Crippen molar-refractivity contribution in [2.45, 2.75) is 32.7 Å². The highest BCUT2D eigenvalue weighted by Crippen LogP contribution is 2.20. The molecular formula is C18H26N2O. The van der Waals surface area contributed by atoms with Gasteiger partial charge in [0, 0.05) is 17.5 Å². The van der Waals surface area contributed by atoms with Gasteiger partial charge in [0.15, 0.2) is 0 Å². The van der Waals surface area contributed by atoms with Crippen LogP contribution in [0.3, 0.4) is 0 Å². The first-order chi connectivity index (χ1) is 10.3. The lowest BCUT2D eigenvalue weighted by atomic mass is 9.99. The largest absolute Gasteiger partial charge is 0.464 e. The maximum absolute atomic E-state index is 5.56. The van der Waals surface area contributed by atoms with Gasteiger partial charge >= 0.3 is 0 Å². The van der Waals surface area contributed by atoms with Gasteiger partial charge in [-0.25, -0.2) is 0 Å². The molecule has 1 aromatic carbocycles. The fourth-order valence-corrected chi connectivity index (χ4v) is 3.11. The van der Waals surface area contributed by atoms with Crippen LogP contribution >= 0.6 is 0 Å². The number of nitrogens with zero attached hydrogens (tertiary/aromatic N) is 1. The summed E-state index contributed by atoms with van der Waals surface area (Å²) in [6.07, 6.45) is 5.84. The summed E-state index contributed by atoms with van der Waals surface area (Å²) in [5.74, 6) is 0.925. The van der Waals surface area contributed by atoms with Gasteiger partial charge in [0.05, 0.1) is 6.26 Å². The van der Waals surface area contributed by atoms with Crippen LogP contribution in [0.25, 0.3) is 11.0 Å². The molecule has 2 heterocycles. The highest BCUT2D eigenvalue weighted by molar-refractivity contribution is 5.80. The molecule has 3 rings (SSSR count). The predicted molar refractivity (Wildman–Crippen MR) is 87.4 cm³/mol. The fourth-order valence-electron chi connectivity index (χ4n) is 3.11. The lowest BCUT2D eigenvalue weighted by Crippen LogP contribution is -2.34. The molecule has 1 saturated heterocycles. The number of rotatable bonds is 6. The van der Waals surface area contributed by atoms with Crippen molar-refractivity contribution in [3.63, 3.8) is 0 Å². The van der Waals surface area contributed by atoms with Crippen LogP contribution < -0.4 is 5.32 Å². The standard InChI is InChI=1S/C18H26N2O/c1-15-7-11-20(12-8-15)10-4-9-19-13-16-14-21-18-6-3-2-5-17(16)18/h2-3,5-6,14-15,19H,4,7-13H2,1H3. The van der Waals surface area contributed by atoms with Crippen LogP contribution in [0.5, 0.6) is 0 Å². The predicted octanol–water partition coefficient (Wildman–Crippen LogP) is 3.64. The van der Waals surface area contributed by atoms with E-state index >= 15 is 0 Å². The third-order valence-electron chi connectivity index (χ3n) is 4.58. The molecule has 0 bridgehead atoms. The second-order valence-corrected chi connectivity index (χ2v) is 6.31. The van der Waals surface area contributed by atoms with Crippen molar-refractivity contribution < 1.29 is 4.42 Å². The number of piperidine rings is 1. The number of para-hydroxylation sites is 1. The second kappa shape index (κ2) is 7.10. The monoisotopic (exact) mass is 286 g/mol. The molecule has 1 aliphatic heterocycles. The van der Waals surface area contributed by atoms with Crippen LogP contribution in [-0.4, -0.2) is 31.1 Å². The summed E-state index contributed by atoms with van der Waals surface area (Å²) in [5.41, 5.74) is 2.24. The Morgan fingerprint density at radius 1 is 1.24 bits per heavy atom. The number of furan rings is 1. The molecule has 114 valence electrons. The van der Waals surface area contributed by atoms with Crippen molar-refractivity contribution in [2.24, 2.45) is 5.92 Å². The van der Waals surface area contributed by atoms with Gasteiger partial charge in [-0.1, -0.05) is 25.1 Å². The van der Waals surface area contributed by atoms with Crippen LogP contribution in [0.2, 0.25) is 0 Å². The number of likely N-dealkylation sites (tertiary alicyclic amines) is 1. The van der Waals surface area contributed by atoms with Gasteiger partial charge in [-0.2, -0.15) is 0 Å². The van der Waals surface area contributed by atoms with Crippen LogP contribution in [0.1, 0.15) is 31.7 Å². The van der Waals surface area contributed by atoms with E-state index in [-0.39, 0.29) is 0 Å². The van der Waals surface area contributed by atoms with Gasteiger partial charge in [0.2, 0.25) is 0 Å². The lowest BCUT2D eigenvalue weighted by molar-refractivity contribution is 0.190. The molecular weight excluding hydrogens is 260 g/mol. The van der Waals surface area contributed by atoms with E-state index in [0.29, 0.717) is 0 Å². The van der Waals surface area contributed by atoms with Gasteiger partial charge in [0.25, 0.3) is 0 Å². The zero-order chi connectivity index (χ0) is 14.5. The molecule has 0 spiro atoms. The molecule has 0 atom stereocenters. The Kier molecular flexibility index (Phi) is 4.94. The van der Waals surface area contributed by atoms with Crippen molar-refractivity contribution in [1.82, 2.24) is 10.2 Å². The van der Waals surface area contributed by atoms with Crippen LogP contribution in [0.4, 0.5) is 0 Å². The van der Waals surface area contributed by atoms with Crippen molar-refractivity contribution in [3.05, 3.63) is 36.1 Å². The third-order valence-corrected chi connectivity index (χ3v) is 4.58. The Hall–Kier alpha value is -1.32. The molecule has 2 aromatic rings. The molecule has 0 saturated carbocycles. The Morgan fingerprint density at radius 3 is 2.90 bits per heavy atom. The SMILES string of the molecule is CC1CCN(CCCNCc2coc3ccccc23)CC1. The van der Waals surface area contributed by atoms with E-state index in [1.54, 1.807) is 0 Å². The summed E-state index contributed by atoms with van der Waals surface area (Å²) < 4.78 is 5.56. The average Bonchev–Trinajstić information content (AvgIpc) is 2.92. The number of hydrogen-bond donors (Lipinski definition) is 1. The van der Waals surface area contributed by atoms with E-state index in [4.69, 9.17) is 4.42 Å². The molecule has 0 amide bonds. The fraction of sp³-hybridized carbons (Fsp3) is 0.556. The second-order valence-electron chi connectivity index (χ2n) is 6.31. The molecule has 21 heavy (non-hydrogen) atoms. The third kappa shape index (κ3) is 3.86. The molecule has 1 aromatic heterocycles. The van der Waals surface area contributed by atoms with E-state index in [9.17, 15) is 0 Å². The van der Waals surface area contributed by atoms with Gasteiger partial charge in [-0.05, 0) is 57.4 Å². The van der Waals surface area contributed by atoms with Crippen molar-refractivity contribution in [2.75, 3.05) is 26.2 Å². The maximum Gasteiger partial charge on any atom is 0.134 e. The molecule has 0 aliphatic carbocycles. The Morgan fingerprint density at radius 2 is 2.05 bits per heavy atom. The zero-order valence-electron chi connectivity index (χ0n) is 13.0. The minimum Gasteiger partial charge on any atom is -0.464 e. The van der Waals surface area contributed by atoms with E-state index in [2.05, 4.69) is 29.3 Å². The maximum atomic E-state index is 5.56. The molecule has 3 heteroatoms. The summed E-state index contributed by atoms with van der Waals surface area (Å²) in [6.45, 7) is 8.14. The molecule has 0 unspecified atom stereocenters. The average molecular weight is 286 g/mol. The minimum absolute atomic E-state index is 0.897. The summed E-state index contributed by atoms with van der Waals surface area (Å²) >= 11 is 0. The molecule has 0 radical (unpaired) electrons. The Balaban J connectivity index is 1.37. The van der Waals surface area contributed by atoms with Crippen LogP contribution in [-0.2, 0) is 6.54 Å². The molecule has 1 fully saturated rings. The van der Waals surface area contributed by atoms with Crippen molar-refractivity contribution in [1.29, 1.82) is 0 Å². The summed E-state index contributed by atoms with van der Waals surface area (Å²) in [7, 11) is 0. The first-order valence-corrected chi connectivity index (χ1v) is 8.21. The summed E-state index contributed by atoms with van der Waals surface area (Å²) in [4.78, 5) is 2.61. The number of nitrogens with one attached hydrogen (secondary N) is 1. The summed E-state index contributed by atoms with van der Waals surface area (Å²) in [6, 6.07) is 8.24. The highest BCUT2D eigenvalue weighted by Gasteiger charge is 2.14. The van der Waals surface area contributed by atoms with Crippen LogP contribution in [0, 0.1) is 5.92 Å². The molecule has 1 N–H and O–H groups in total. The number of hydrogen-bond acceptors (Lipinski definition) is 3. The number of fused-ring (bicyclic) bond motifs is 1. The van der Waals surface area contributed by atoms with E-state index in [0.717, 1.165) is 24.6 Å². The Bertz CT molecular complexity index is 555. The van der Waals surface area contributed by atoms with Gasteiger partial charge < -0.3 is 14.6 Å². The van der Waals surface area contributed by atoms with Gasteiger partial charge in [-0.15, -0.1) is 0 Å². The molecule has 3 nitrogen and oxygen atoms in total. The zero-order valence-corrected chi connectivity index (χ0v) is 13.0. The summed E-state index contributed by atoms with van der Waals surface area (Å²) in [5, 5.41) is 4.77. The normalized spacial score (nSPS) is 17.6. The smallest absolute Gasteiger partial charge is 0.134 e. The van der Waals surface area contributed by atoms with Crippen LogP contribution in [0.15, 0.2) is 34.9 Å². The minimum atomic E-state index is 0.897. The van der Waals surface area contributed by atoms with Crippen molar-refractivity contribution >= 4 is 11.0 Å². The van der Waals surface area contributed by atoms with Crippen molar-refractivity contribution in [3.8, 4) is 0 Å². The van der Waals surface area contributed by atoms with Gasteiger partial charge in [-0.3, -0.25) is 0 Å². The lowest BCUT2D eigenvalue weighted by Gasteiger charge is -2.30. The topological polar surface area (TPSA) is 28.4 Å². The Labute approximate surface area is 127 Å². The first-order valence-electron chi connectivity index (χ1n) is 8.21. The highest BCUT2D eigenvalue weighted by atomic mass is 16.3. The van der Waals surface area contributed by atoms with Gasteiger partial charge in [0.1, 0.15) is 5.58 Å². The first kappa shape index (κ1) is 14.6. The van der Waals surface area contributed by atoms with E-state index in [1.165, 1.54) is 49.8 Å². The molecule has 1 aliphatic rings. The number of benzene rings is 1. The quantitative estimate of drug-likeness (QED) is 0.822. The van der Waals surface area contributed by atoms with E-state index < -0.39 is 0 Å².